The molecular formula is C31H39N. The maximum absolute atomic E-state index is 4.53. The molecule has 0 amide bonds. The molecule has 0 radical (unpaired) electrons. The van der Waals surface area contributed by atoms with Crippen LogP contribution in [0.2, 0.25) is 0 Å². The predicted molar refractivity (Wildman–Crippen MR) is 137 cm³/mol. The Bertz CT molecular complexity index is 974. The van der Waals surface area contributed by atoms with Crippen molar-refractivity contribution in [1.29, 1.82) is 0 Å². The second-order valence-electron chi connectivity index (χ2n) is 10.2. The van der Waals surface area contributed by atoms with Crippen molar-refractivity contribution >= 4 is 0 Å². The van der Waals surface area contributed by atoms with Gasteiger partial charge in [0.1, 0.15) is 0 Å². The van der Waals surface area contributed by atoms with Gasteiger partial charge in [0.2, 0.25) is 0 Å². The molecular weight excluding hydrogens is 386 g/mol. The van der Waals surface area contributed by atoms with Crippen molar-refractivity contribution in [2.24, 2.45) is 17.8 Å². The molecule has 0 bridgehead atoms. The van der Waals surface area contributed by atoms with E-state index in [1.54, 1.807) is 33.4 Å². The quantitative estimate of drug-likeness (QED) is 0.439. The molecule has 3 atom stereocenters. The van der Waals surface area contributed by atoms with Crippen LogP contribution in [-0.4, -0.2) is 6.54 Å². The average molecular weight is 426 g/mol. The zero-order chi connectivity index (χ0) is 21.9. The van der Waals surface area contributed by atoms with Crippen molar-refractivity contribution in [2.75, 3.05) is 6.54 Å². The fourth-order valence-electron chi connectivity index (χ4n) is 6.45. The van der Waals surface area contributed by atoms with Crippen LogP contribution in [0.5, 0.6) is 0 Å². The molecule has 0 aromatic rings. The van der Waals surface area contributed by atoms with Gasteiger partial charge in [-0.1, -0.05) is 72.8 Å². The van der Waals surface area contributed by atoms with Crippen LogP contribution >= 0.6 is 0 Å². The Morgan fingerprint density at radius 3 is 2.75 bits per heavy atom. The first-order valence-corrected chi connectivity index (χ1v) is 13.0. The van der Waals surface area contributed by atoms with Crippen LogP contribution in [0.4, 0.5) is 0 Å². The highest BCUT2D eigenvalue weighted by atomic mass is 14.9. The molecule has 4 aliphatic carbocycles. The summed E-state index contributed by atoms with van der Waals surface area (Å²) in [6.07, 6.45) is 31.3. The Hall–Kier alpha value is -2.28. The van der Waals surface area contributed by atoms with Gasteiger partial charge in [-0.3, -0.25) is 0 Å². The van der Waals surface area contributed by atoms with E-state index in [1.807, 2.05) is 0 Å². The number of allylic oxidation sites excluding steroid dienone is 12. The Morgan fingerprint density at radius 1 is 1.06 bits per heavy atom. The number of hydrogen-bond acceptors (Lipinski definition) is 1. The zero-order valence-electron chi connectivity index (χ0n) is 19.8. The van der Waals surface area contributed by atoms with E-state index >= 15 is 0 Å². The zero-order valence-corrected chi connectivity index (χ0v) is 19.8. The first-order valence-electron chi connectivity index (χ1n) is 13.0. The van der Waals surface area contributed by atoms with Gasteiger partial charge in [-0.25, -0.2) is 0 Å². The molecule has 1 heteroatoms. The van der Waals surface area contributed by atoms with E-state index in [1.165, 1.54) is 69.8 Å². The van der Waals surface area contributed by atoms with Crippen molar-refractivity contribution in [3.8, 4) is 0 Å². The summed E-state index contributed by atoms with van der Waals surface area (Å²) in [4.78, 5) is 0. The minimum Gasteiger partial charge on any atom is -0.390 e. The monoisotopic (exact) mass is 425 g/mol. The minimum absolute atomic E-state index is 0.590. The van der Waals surface area contributed by atoms with E-state index < -0.39 is 0 Å². The lowest BCUT2D eigenvalue weighted by atomic mass is 9.72. The third-order valence-electron chi connectivity index (χ3n) is 8.33. The molecule has 5 aliphatic rings. The molecule has 168 valence electrons. The Balaban J connectivity index is 1.34. The van der Waals surface area contributed by atoms with Crippen LogP contribution in [-0.2, 0) is 0 Å². The van der Waals surface area contributed by atoms with Gasteiger partial charge < -0.3 is 5.32 Å². The van der Waals surface area contributed by atoms with Crippen molar-refractivity contribution < 1.29 is 0 Å². The van der Waals surface area contributed by atoms with Crippen LogP contribution in [0, 0.1) is 17.8 Å². The van der Waals surface area contributed by atoms with Gasteiger partial charge in [-0.15, -0.1) is 0 Å². The van der Waals surface area contributed by atoms with E-state index in [9.17, 15) is 0 Å². The Kier molecular flexibility index (Phi) is 6.53. The third-order valence-corrected chi connectivity index (χ3v) is 8.33. The highest BCUT2D eigenvalue weighted by Crippen LogP contribution is 2.45. The van der Waals surface area contributed by atoms with E-state index in [-0.39, 0.29) is 0 Å². The Morgan fingerprint density at radius 2 is 1.97 bits per heavy atom. The van der Waals surface area contributed by atoms with Crippen molar-refractivity contribution in [1.82, 2.24) is 5.32 Å². The first-order chi connectivity index (χ1) is 15.7. The molecule has 0 saturated carbocycles. The molecule has 0 spiro atoms. The van der Waals surface area contributed by atoms with E-state index in [2.05, 4.69) is 67.6 Å². The van der Waals surface area contributed by atoms with Gasteiger partial charge in [-0.2, -0.15) is 0 Å². The summed E-state index contributed by atoms with van der Waals surface area (Å²) in [5, 5.41) is 3.41. The maximum Gasteiger partial charge on any atom is 0.0242 e. The molecule has 5 rings (SSSR count). The van der Waals surface area contributed by atoms with Crippen LogP contribution in [0.15, 0.2) is 94.3 Å². The predicted octanol–water partition coefficient (Wildman–Crippen LogP) is 8.04. The summed E-state index contributed by atoms with van der Waals surface area (Å²) in [6.45, 7) is 7.91. The van der Waals surface area contributed by atoms with Gasteiger partial charge >= 0.3 is 0 Å². The van der Waals surface area contributed by atoms with Gasteiger partial charge in [0.25, 0.3) is 0 Å². The third kappa shape index (κ3) is 4.32. The molecule has 0 saturated heterocycles. The van der Waals surface area contributed by atoms with Crippen LogP contribution in [0.1, 0.15) is 71.1 Å². The number of fused-ring (bicyclic) bond motifs is 1. The Labute approximate surface area is 195 Å². The summed E-state index contributed by atoms with van der Waals surface area (Å²) in [5.74, 6) is 1.84. The van der Waals surface area contributed by atoms with Gasteiger partial charge in [-0.05, 0) is 105 Å². The first kappa shape index (κ1) is 21.6. The molecule has 1 heterocycles. The number of rotatable bonds is 5. The summed E-state index contributed by atoms with van der Waals surface area (Å²) in [7, 11) is 0. The number of hydrogen-bond donors (Lipinski definition) is 1. The second kappa shape index (κ2) is 9.69. The molecule has 1 nitrogen and oxygen atoms in total. The molecule has 32 heavy (non-hydrogen) atoms. The van der Waals surface area contributed by atoms with Gasteiger partial charge in [0.05, 0.1) is 0 Å². The minimum atomic E-state index is 0.590. The summed E-state index contributed by atoms with van der Waals surface area (Å²) < 4.78 is 0. The fraction of sp³-hybridized carbons (Fsp3) is 0.484. The molecule has 1 aliphatic heterocycles. The standard InChI is InChI=1S/C31H39N/c1-3-23-8-4-5-9-26(23)20-22(2)24-12-14-25(15-13-24)28-16-17-29(27-18-19-32-21-27)31-11-7-6-10-30(28)31/h4,7-8,11,14,18-20,23-24,27,32H,2-3,5-6,9-10,12-13,15-17,21H2,1H3/b26-20-. The highest BCUT2D eigenvalue weighted by molar-refractivity contribution is 5.57. The van der Waals surface area contributed by atoms with Crippen LogP contribution < -0.4 is 5.32 Å². The van der Waals surface area contributed by atoms with Crippen molar-refractivity contribution in [2.45, 2.75) is 71.1 Å². The van der Waals surface area contributed by atoms with Crippen LogP contribution in [0.3, 0.4) is 0 Å². The second-order valence-corrected chi connectivity index (χ2v) is 10.2. The smallest absolute Gasteiger partial charge is 0.0242 e. The van der Waals surface area contributed by atoms with Crippen molar-refractivity contribution in [3.05, 3.63) is 94.3 Å². The molecule has 0 aromatic carbocycles. The summed E-state index contributed by atoms with van der Waals surface area (Å²) >= 11 is 0. The lowest BCUT2D eigenvalue weighted by Gasteiger charge is -2.32. The highest BCUT2D eigenvalue weighted by Gasteiger charge is 2.29. The van der Waals surface area contributed by atoms with Gasteiger partial charge in [0, 0.05) is 12.5 Å². The molecule has 1 N–H and O–H groups in total. The van der Waals surface area contributed by atoms with E-state index in [0.29, 0.717) is 17.8 Å². The molecule has 3 unspecified atom stereocenters. The number of nitrogens with one attached hydrogen (secondary N) is 1. The van der Waals surface area contributed by atoms with E-state index in [0.717, 1.165) is 6.54 Å². The van der Waals surface area contributed by atoms with Gasteiger partial charge in [0.15, 0.2) is 0 Å². The maximum atomic E-state index is 4.53. The van der Waals surface area contributed by atoms with E-state index in [4.69, 9.17) is 0 Å². The molecule has 0 fully saturated rings. The fourth-order valence-corrected chi connectivity index (χ4v) is 6.45. The summed E-state index contributed by atoms with van der Waals surface area (Å²) in [6, 6.07) is 0. The lowest BCUT2D eigenvalue weighted by Crippen LogP contribution is -2.18. The SMILES string of the molecule is C=C(/C=C1/CCC=CC1CC)C1CC=C(C2=C3CCC=CC3=C(C3C=CNC3)CC2)CC1. The van der Waals surface area contributed by atoms with Crippen LogP contribution in [0.25, 0.3) is 0 Å². The largest absolute Gasteiger partial charge is 0.390 e. The molecule has 0 aromatic heterocycles. The topological polar surface area (TPSA) is 12.0 Å². The lowest BCUT2D eigenvalue weighted by molar-refractivity contribution is 0.545. The normalized spacial score (nSPS) is 31.1. The average Bonchev–Trinajstić information content (AvgIpc) is 3.38. The summed E-state index contributed by atoms with van der Waals surface area (Å²) in [5.41, 5.74) is 11.2. The van der Waals surface area contributed by atoms with Crippen molar-refractivity contribution in [3.63, 3.8) is 0 Å².